The standard InChI is InChI=1S/C14H24N2O3/c1-2-18-14(17)6-3-7-15-9-13-10-16-8-4-5-12(16)11-19-13/h3,6,12-13,15H,2,4-5,7-11H2,1H3/b6-3+. The number of hydrogen-bond donors (Lipinski definition) is 1. The van der Waals surface area contributed by atoms with E-state index in [1.807, 2.05) is 0 Å². The lowest BCUT2D eigenvalue weighted by Gasteiger charge is -2.35. The molecule has 2 saturated heterocycles. The fraction of sp³-hybridized carbons (Fsp3) is 0.786. The summed E-state index contributed by atoms with van der Waals surface area (Å²) >= 11 is 0. The summed E-state index contributed by atoms with van der Waals surface area (Å²) in [4.78, 5) is 13.6. The summed E-state index contributed by atoms with van der Waals surface area (Å²) in [5, 5.41) is 3.29. The molecule has 0 amide bonds. The minimum absolute atomic E-state index is 0.269. The van der Waals surface area contributed by atoms with E-state index in [2.05, 4.69) is 10.2 Å². The van der Waals surface area contributed by atoms with Gasteiger partial charge in [-0.2, -0.15) is 0 Å². The maximum Gasteiger partial charge on any atom is 0.330 e. The van der Waals surface area contributed by atoms with Gasteiger partial charge in [-0.1, -0.05) is 6.08 Å². The molecule has 0 aromatic carbocycles. The Balaban J connectivity index is 1.57. The lowest BCUT2D eigenvalue weighted by atomic mass is 10.2. The molecule has 0 spiro atoms. The lowest BCUT2D eigenvalue weighted by Crippen LogP contribution is -2.49. The van der Waals surface area contributed by atoms with Gasteiger partial charge >= 0.3 is 5.97 Å². The molecule has 2 atom stereocenters. The first-order chi connectivity index (χ1) is 9.29. The highest BCUT2D eigenvalue weighted by molar-refractivity contribution is 5.81. The average molecular weight is 268 g/mol. The van der Waals surface area contributed by atoms with Crippen molar-refractivity contribution >= 4 is 5.97 Å². The molecule has 0 radical (unpaired) electrons. The van der Waals surface area contributed by atoms with Gasteiger partial charge in [-0.25, -0.2) is 4.79 Å². The molecule has 5 nitrogen and oxygen atoms in total. The van der Waals surface area contributed by atoms with Gasteiger partial charge in [0, 0.05) is 31.8 Å². The second kappa shape index (κ2) is 7.62. The number of esters is 1. The number of rotatable bonds is 6. The Hall–Kier alpha value is -0.910. The van der Waals surface area contributed by atoms with Crippen molar-refractivity contribution < 1.29 is 14.3 Å². The average Bonchev–Trinajstić information content (AvgIpc) is 2.86. The van der Waals surface area contributed by atoms with Crippen LogP contribution in [0.25, 0.3) is 0 Å². The number of nitrogens with one attached hydrogen (secondary N) is 1. The topological polar surface area (TPSA) is 50.8 Å². The van der Waals surface area contributed by atoms with Gasteiger partial charge in [-0.15, -0.1) is 0 Å². The van der Waals surface area contributed by atoms with Crippen LogP contribution in [0.3, 0.4) is 0 Å². The SMILES string of the molecule is CCOC(=O)/C=C/CNCC1CN2CCCC2CO1. The van der Waals surface area contributed by atoms with E-state index in [0.29, 0.717) is 19.2 Å². The fourth-order valence-corrected chi connectivity index (χ4v) is 2.68. The summed E-state index contributed by atoms with van der Waals surface area (Å²) in [5.74, 6) is -0.280. The van der Waals surface area contributed by atoms with Crippen LogP contribution in [0.1, 0.15) is 19.8 Å². The second-order valence-corrected chi connectivity index (χ2v) is 5.06. The number of hydrogen-bond acceptors (Lipinski definition) is 5. The van der Waals surface area contributed by atoms with Gasteiger partial charge < -0.3 is 14.8 Å². The molecule has 0 saturated carbocycles. The second-order valence-electron chi connectivity index (χ2n) is 5.06. The van der Waals surface area contributed by atoms with Crippen molar-refractivity contribution in [2.75, 3.05) is 39.4 Å². The maximum atomic E-state index is 11.1. The highest BCUT2D eigenvalue weighted by atomic mass is 16.5. The predicted octanol–water partition coefficient (Wildman–Crippen LogP) is 0.559. The smallest absolute Gasteiger partial charge is 0.330 e. The summed E-state index contributed by atoms with van der Waals surface area (Å²) < 4.78 is 10.6. The van der Waals surface area contributed by atoms with E-state index in [1.54, 1.807) is 13.0 Å². The van der Waals surface area contributed by atoms with E-state index >= 15 is 0 Å². The van der Waals surface area contributed by atoms with Gasteiger partial charge in [0.2, 0.25) is 0 Å². The van der Waals surface area contributed by atoms with Gasteiger partial charge in [-0.05, 0) is 26.3 Å². The highest BCUT2D eigenvalue weighted by Gasteiger charge is 2.31. The molecule has 0 aliphatic carbocycles. The van der Waals surface area contributed by atoms with Gasteiger partial charge in [0.15, 0.2) is 0 Å². The van der Waals surface area contributed by atoms with Crippen molar-refractivity contribution in [2.24, 2.45) is 0 Å². The summed E-state index contributed by atoms with van der Waals surface area (Å²) in [7, 11) is 0. The van der Waals surface area contributed by atoms with Gasteiger partial charge in [0.05, 0.1) is 19.3 Å². The maximum absolute atomic E-state index is 11.1. The van der Waals surface area contributed by atoms with Crippen molar-refractivity contribution in [1.29, 1.82) is 0 Å². The third kappa shape index (κ3) is 4.60. The highest BCUT2D eigenvalue weighted by Crippen LogP contribution is 2.22. The quantitative estimate of drug-likeness (QED) is 0.433. The molecule has 2 aliphatic heterocycles. The van der Waals surface area contributed by atoms with E-state index in [9.17, 15) is 4.79 Å². The molecule has 2 unspecified atom stereocenters. The molecular weight excluding hydrogens is 244 g/mol. The molecule has 19 heavy (non-hydrogen) atoms. The van der Waals surface area contributed by atoms with Crippen LogP contribution >= 0.6 is 0 Å². The van der Waals surface area contributed by atoms with Crippen LogP contribution in [0.5, 0.6) is 0 Å². The zero-order valence-electron chi connectivity index (χ0n) is 11.6. The first kappa shape index (κ1) is 14.5. The summed E-state index contributed by atoms with van der Waals surface area (Å²) in [6.07, 6.45) is 6.11. The number of fused-ring (bicyclic) bond motifs is 1. The Morgan fingerprint density at radius 3 is 3.32 bits per heavy atom. The van der Waals surface area contributed by atoms with Crippen LogP contribution in [-0.2, 0) is 14.3 Å². The summed E-state index contributed by atoms with van der Waals surface area (Å²) in [6, 6.07) is 0.653. The van der Waals surface area contributed by atoms with Crippen molar-refractivity contribution in [1.82, 2.24) is 10.2 Å². The molecule has 2 heterocycles. The van der Waals surface area contributed by atoms with E-state index in [0.717, 1.165) is 19.7 Å². The summed E-state index contributed by atoms with van der Waals surface area (Å²) in [6.45, 7) is 6.83. The molecule has 2 aliphatic rings. The number of ether oxygens (including phenoxy) is 2. The van der Waals surface area contributed by atoms with Crippen molar-refractivity contribution in [2.45, 2.75) is 31.9 Å². The first-order valence-corrected chi connectivity index (χ1v) is 7.19. The van der Waals surface area contributed by atoms with E-state index in [1.165, 1.54) is 25.5 Å². The van der Waals surface area contributed by atoms with Crippen LogP contribution in [-0.4, -0.2) is 62.4 Å². The molecular formula is C14H24N2O3. The minimum Gasteiger partial charge on any atom is -0.463 e. The third-order valence-corrected chi connectivity index (χ3v) is 3.64. The van der Waals surface area contributed by atoms with Crippen molar-refractivity contribution in [3.05, 3.63) is 12.2 Å². The number of carbonyl (C=O) groups is 1. The molecule has 108 valence electrons. The number of carbonyl (C=O) groups excluding carboxylic acids is 1. The minimum atomic E-state index is -0.280. The number of morpholine rings is 1. The fourth-order valence-electron chi connectivity index (χ4n) is 2.68. The monoisotopic (exact) mass is 268 g/mol. The van der Waals surface area contributed by atoms with E-state index < -0.39 is 0 Å². The van der Waals surface area contributed by atoms with Gasteiger partial charge in [0.1, 0.15) is 0 Å². The lowest BCUT2D eigenvalue weighted by molar-refractivity contribution is -0.137. The molecule has 1 N–H and O–H groups in total. The van der Waals surface area contributed by atoms with Crippen molar-refractivity contribution in [3.63, 3.8) is 0 Å². The normalized spacial score (nSPS) is 27.6. The molecule has 2 fully saturated rings. The molecule has 0 bridgehead atoms. The van der Waals surface area contributed by atoms with Crippen LogP contribution in [0.4, 0.5) is 0 Å². The molecule has 5 heteroatoms. The van der Waals surface area contributed by atoms with Crippen LogP contribution in [0.15, 0.2) is 12.2 Å². The van der Waals surface area contributed by atoms with Crippen LogP contribution in [0.2, 0.25) is 0 Å². The van der Waals surface area contributed by atoms with E-state index in [-0.39, 0.29) is 12.1 Å². The molecule has 0 aromatic heterocycles. The van der Waals surface area contributed by atoms with Crippen LogP contribution < -0.4 is 5.32 Å². The van der Waals surface area contributed by atoms with Crippen molar-refractivity contribution in [3.8, 4) is 0 Å². The summed E-state index contributed by atoms with van der Waals surface area (Å²) in [5.41, 5.74) is 0. The Kier molecular flexibility index (Phi) is 5.82. The number of nitrogens with zero attached hydrogens (tertiary/aromatic N) is 1. The Morgan fingerprint density at radius 1 is 1.58 bits per heavy atom. The molecule has 2 rings (SSSR count). The first-order valence-electron chi connectivity index (χ1n) is 7.19. The Morgan fingerprint density at radius 2 is 2.47 bits per heavy atom. The Labute approximate surface area is 114 Å². The van der Waals surface area contributed by atoms with Gasteiger partial charge in [0.25, 0.3) is 0 Å². The van der Waals surface area contributed by atoms with Crippen LogP contribution in [0, 0.1) is 0 Å². The van der Waals surface area contributed by atoms with E-state index in [4.69, 9.17) is 9.47 Å². The van der Waals surface area contributed by atoms with Gasteiger partial charge in [-0.3, -0.25) is 4.90 Å². The molecule has 0 aromatic rings. The predicted molar refractivity (Wildman–Crippen MR) is 73.0 cm³/mol. The Bertz CT molecular complexity index is 320. The zero-order valence-corrected chi connectivity index (χ0v) is 11.6. The largest absolute Gasteiger partial charge is 0.463 e. The third-order valence-electron chi connectivity index (χ3n) is 3.64. The zero-order chi connectivity index (χ0) is 13.5.